The number of nitrogens with zero attached hydrogens (tertiary/aromatic N) is 6. The van der Waals surface area contributed by atoms with Crippen LogP contribution in [0.4, 0.5) is 5.95 Å². The Bertz CT molecular complexity index is 963. The highest BCUT2D eigenvalue weighted by atomic mass is 35.5. The van der Waals surface area contributed by atoms with Crippen molar-refractivity contribution in [3.63, 3.8) is 0 Å². The first-order valence-corrected chi connectivity index (χ1v) is 11.1. The van der Waals surface area contributed by atoms with E-state index in [4.69, 9.17) is 16.1 Å². The maximum atomic E-state index is 6.22. The molecular weight excluding hydrogens is 396 g/mol. The third-order valence-corrected chi connectivity index (χ3v) is 6.37. The van der Waals surface area contributed by atoms with Crippen molar-refractivity contribution in [3.8, 4) is 11.5 Å². The van der Waals surface area contributed by atoms with E-state index in [-0.39, 0.29) is 0 Å². The fourth-order valence-electron chi connectivity index (χ4n) is 3.52. The van der Waals surface area contributed by atoms with Gasteiger partial charge >= 0.3 is 0 Å². The Hall–Kier alpha value is -2.06. The van der Waals surface area contributed by atoms with Gasteiger partial charge in [-0.2, -0.15) is 4.98 Å². The molecule has 2 fully saturated rings. The molecule has 1 aromatic carbocycles. The summed E-state index contributed by atoms with van der Waals surface area (Å²) < 4.78 is 7.71. The van der Waals surface area contributed by atoms with Crippen molar-refractivity contribution in [1.82, 2.24) is 24.9 Å². The molecule has 146 valence electrons. The van der Waals surface area contributed by atoms with Crippen LogP contribution >= 0.6 is 23.4 Å². The third-order valence-electron chi connectivity index (χ3n) is 5.10. The van der Waals surface area contributed by atoms with Gasteiger partial charge in [0.2, 0.25) is 5.95 Å². The summed E-state index contributed by atoms with van der Waals surface area (Å²) in [5, 5.41) is 14.6. The zero-order valence-electron chi connectivity index (χ0n) is 15.4. The number of hydrogen-bond acceptors (Lipinski definition) is 7. The van der Waals surface area contributed by atoms with E-state index in [0.717, 1.165) is 29.8 Å². The Morgan fingerprint density at radius 3 is 2.71 bits per heavy atom. The van der Waals surface area contributed by atoms with E-state index in [1.807, 2.05) is 24.3 Å². The summed E-state index contributed by atoms with van der Waals surface area (Å²) >= 11 is 7.83. The molecule has 0 amide bonds. The highest BCUT2D eigenvalue weighted by Gasteiger charge is 2.32. The van der Waals surface area contributed by atoms with Crippen LogP contribution in [0, 0.1) is 0 Å². The second-order valence-electron chi connectivity index (χ2n) is 7.22. The van der Waals surface area contributed by atoms with Gasteiger partial charge in [-0.25, -0.2) is 0 Å². The molecule has 0 N–H and O–H groups in total. The Morgan fingerprint density at radius 2 is 1.93 bits per heavy atom. The molecule has 0 bridgehead atoms. The molecule has 1 saturated heterocycles. The van der Waals surface area contributed by atoms with Crippen LogP contribution in [0.5, 0.6) is 0 Å². The summed E-state index contributed by atoms with van der Waals surface area (Å²) in [7, 11) is 0. The minimum Gasteiger partial charge on any atom is -0.341 e. The fraction of sp³-hybridized carbons (Fsp3) is 0.474. The maximum Gasteiger partial charge on any atom is 0.259 e. The Kier molecular flexibility index (Phi) is 4.98. The van der Waals surface area contributed by atoms with Gasteiger partial charge in [-0.15, -0.1) is 10.2 Å². The lowest BCUT2D eigenvalue weighted by atomic mass is 10.1. The zero-order chi connectivity index (χ0) is 18.9. The van der Waals surface area contributed by atoms with E-state index >= 15 is 0 Å². The van der Waals surface area contributed by atoms with E-state index in [9.17, 15) is 0 Å². The van der Waals surface area contributed by atoms with E-state index < -0.39 is 0 Å². The number of halogens is 1. The molecule has 3 aromatic rings. The van der Waals surface area contributed by atoms with Crippen molar-refractivity contribution in [2.45, 2.75) is 49.1 Å². The SMILES string of the molecule is Clc1ccccc1-c1nc(CSc2nnc(N3CCCCC3)n2C2CC2)no1. The van der Waals surface area contributed by atoms with Gasteiger partial charge in [0.05, 0.1) is 16.3 Å². The lowest BCUT2D eigenvalue weighted by Gasteiger charge is -2.27. The predicted molar refractivity (Wildman–Crippen MR) is 109 cm³/mol. The molecule has 2 aliphatic rings. The summed E-state index contributed by atoms with van der Waals surface area (Å²) in [6.07, 6.45) is 6.17. The van der Waals surface area contributed by atoms with Gasteiger partial charge in [0.1, 0.15) is 0 Å². The largest absolute Gasteiger partial charge is 0.341 e. The molecule has 0 spiro atoms. The first kappa shape index (κ1) is 18.0. The number of aromatic nitrogens is 5. The Morgan fingerprint density at radius 1 is 1.11 bits per heavy atom. The maximum absolute atomic E-state index is 6.22. The summed E-state index contributed by atoms with van der Waals surface area (Å²) in [5.41, 5.74) is 0.751. The van der Waals surface area contributed by atoms with Crippen LogP contribution in [-0.4, -0.2) is 38.0 Å². The summed E-state index contributed by atoms with van der Waals surface area (Å²) in [6, 6.07) is 8.00. The van der Waals surface area contributed by atoms with Gasteiger partial charge in [-0.3, -0.25) is 4.57 Å². The van der Waals surface area contributed by atoms with Crippen molar-refractivity contribution < 1.29 is 4.52 Å². The van der Waals surface area contributed by atoms with Gasteiger partial charge in [0.15, 0.2) is 11.0 Å². The summed E-state index contributed by atoms with van der Waals surface area (Å²) in [4.78, 5) is 6.87. The molecule has 9 heteroatoms. The average Bonchev–Trinajstić information content (AvgIpc) is 3.30. The van der Waals surface area contributed by atoms with Crippen molar-refractivity contribution >= 4 is 29.3 Å². The number of hydrogen-bond donors (Lipinski definition) is 0. The molecule has 3 heterocycles. The second kappa shape index (κ2) is 7.75. The first-order chi connectivity index (χ1) is 13.8. The lowest BCUT2D eigenvalue weighted by molar-refractivity contribution is 0.425. The molecule has 28 heavy (non-hydrogen) atoms. The van der Waals surface area contributed by atoms with Gasteiger partial charge < -0.3 is 9.42 Å². The molecule has 2 aromatic heterocycles. The smallest absolute Gasteiger partial charge is 0.259 e. The number of benzene rings is 1. The minimum atomic E-state index is 0.443. The van der Waals surface area contributed by atoms with Gasteiger partial charge in [0.25, 0.3) is 5.89 Å². The Balaban J connectivity index is 1.32. The van der Waals surface area contributed by atoms with Crippen LogP contribution in [0.1, 0.15) is 44.0 Å². The molecule has 5 rings (SSSR count). The lowest BCUT2D eigenvalue weighted by Crippen LogP contribution is -2.31. The van der Waals surface area contributed by atoms with Crippen LogP contribution in [0.2, 0.25) is 5.02 Å². The van der Waals surface area contributed by atoms with Crippen molar-refractivity contribution in [3.05, 3.63) is 35.1 Å². The molecule has 0 radical (unpaired) electrons. The molecular formula is C19H21ClN6OS. The van der Waals surface area contributed by atoms with Crippen LogP contribution < -0.4 is 4.90 Å². The van der Waals surface area contributed by atoms with Crippen LogP contribution in [0.3, 0.4) is 0 Å². The van der Waals surface area contributed by atoms with Crippen molar-refractivity contribution in [2.75, 3.05) is 18.0 Å². The van der Waals surface area contributed by atoms with Crippen molar-refractivity contribution in [2.24, 2.45) is 0 Å². The third kappa shape index (κ3) is 3.63. The van der Waals surface area contributed by atoms with Gasteiger partial charge in [-0.05, 0) is 44.2 Å². The molecule has 0 unspecified atom stereocenters. The van der Waals surface area contributed by atoms with E-state index in [0.29, 0.717) is 28.5 Å². The quantitative estimate of drug-likeness (QED) is 0.543. The van der Waals surface area contributed by atoms with Crippen LogP contribution in [0.25, 0.3) is 11.5 Å². The standard InChI is InChI=1S/C19H21ClN6OS/c20-15-7-3-2-6-14(15)17-21-16(24-27-17)12-28-19-23-22-18(26(19)13-8-9-13)25-10-4-1-5-11-25/h2-3,6-7,13H,1,4-5,8-12H2. The minimum absolute atomic E-state index is 0.443. The molecule has 1 saturated carbocycles. The highest BCUT2D eigenvalue weighted by molar-refractivity contribution is 7.98. The highest BCUT2D eigenvalue weighted by Crippen LogP contribution is 2.41. The number of rotatable bonds is 6. The summed E-state index contributed by atoms with van der Waals surface area (Å²) in [5.74, 6) is 2.68. The van der Waals surface area contributed by atoms with Crippen LogP contribution in [-0.2, 0) is 5.75 Å². The molecule has 0 atom stereocenters. The molecule has 7 nitrogen and oxygen atoms in total. The predicted octanol–water partition coefficient (Wildman–Crippen LogP) is 4.60. The molecule has 1 aliphatic carbocycles. The van der Waals surface area contributed by atoms with E-state index in [1.165, 1.54) is 32.1 Å². The van der Waals surface area contributed by atoms with Gasteiger partial charge in [-0.1, -0.05) is 40.7 Å². The monoisotopic (exact) mass is 416 g/mol. The number of anilines is 1. The van der Waals surface area contributed by atoms with Gasteiger partial charge in [0, 0.05) is 19.1 Å². The Labute approximate surface area is 172 Å². The van der Waals surface area contributed by atoms with Crippen molar-refractivity contribution in [1.29, 1.82) is 0 Å². The normalized spacial score (nSPS) is 17.2. The average molecular weight is 417 g/mol. The van der Waals surface area contributed by atoms with Crippen LogP contribution in [0.15, 0.2) is 33.9 Å². The second-order valence-corrected chi connectivity index (χ2v) is 8.57. The molecule has 1 aliphatic heterocycles. The fourth-order valence-corrected chi connectivity index (χ4v) is 4.58. The number of thioether (sulfide) groups is 1. The zero-order valence-corrected chi connectivity index (χ0v) is 17.0. The number of piperidine rings is 1. The first-order valence-electron chi connectivity index (χ1n) is 9.70. The topological polar surface area (TPSA) is 72.9 Å². The van der Waals surface area contributed by atoms with E-state index in [2.05, 4.69) is 29.8 Å². The van der Waals surface area contributed by atoms with E-state index in [1.54, 1.807) is 11.8 Å². The summed E-state index contributed by atoms with van der Waals surface area (Å²) in [6.45, 7) is 2.14.